The van der Waals surface area contributed by atoms with E-state index in [2.05, 4.69) is 15.4 Å². The summed E-state index contributed by atoms with van der Waals surface area (Å²) in [5.74, 6) is 0.00662. The van der Waals surface area contributed by atoms with Gasteiger partial charge in [-0.3, -0.25) is 9.20 Å². The van der Waals surface area contributed by atoms with Crippen LogP contribution in [0.5, 0.6) is 0 Å². The maximum absolute atomic E-state index is 13.0. The molecule has 9 heteroatoms. The number of hydrogen-bond acceptors (Lipinski definition) is 5. The monoisotopic (exact) mass is 409 g/mol. The summed E-state index contributed by atoms with van der Waals surface area (Å²) in [7, 11) is -3.61. The average Bonchev–Trinajstić information content (AvgIpc) is 3.23. The molecule has 0 atom stereocenters. The van der Waals surface area contributed by atoms with E-state index in [4.69, 9.17) is 0 Å². The van der Waals surface area contributed by atoms with Crippen molar-refractivity contribution < 1.29 is 13.2 Å². The molecule has 0 saturated heterocycles. The van der Waals surface area contributed by atoms with Crippen molar-refractivity contribution >= 4 is 27.1 Å². The minimum atomic E-state index is -3.61. The number of fused-ring (bicyclic) bond motifs is 1. The molecule has 3 aromatic heterocycles. The van der Waals surface area contributed by atoms with Crippen LogP contribution < -0.4 is 5.32 Å². The summed E-state index contributed by atoms with van der Waals surface area (Å²) in [6.45, 7) is 2.33. The van der Waals surface area contributed by atoms with E-state index in [1.165, 1.54) is 4.40 Å². The molecular formula is C20H19N5O3S. The maximum Gasteiger partial charge on any atom is 0.277 e. The number of nitrogens with one attached hydrogen (secondary N) is 1. The second-order valence-electron chi connectivity index (χ2n) is 6.74. The van der Waals surface area contributed by atoms with Crippen LogP contribution in [0, 0.1) is 6.92 Å². The minimum absolute atomic E-state index is 0.0381. The Balaban J connectivity index is 1.69. The number of pyridine rings is 1. The van der Waals surface area contributed by atoms with Crippen molar-refractivity contribution in [3.63, 3.8) is 0 Å². The van der Waals surface area contributed by atoms with Gasteiger partial charge >= 0.3 is 0 Å². The Morgan fingerprint density at radius 3 is 2.55 bits per heavy atom. The van der Waals surface area contributed by atoms with Crippen molar-refractivity contribution in [3.8, 4) is 0 Å². The van der Waals surface area contributed by atoms with Gasteiger partial charge in [-0.05, 0) is 24.6 Å². The number of amides is 1. The molecular weight excluding hydrogens is 390 g/mol. The highest BCUT2D eigenvalue weighted by Gasteiger charge is 2.23. The van der Waals surface area contributed by atoms with Gasteiger partial charge in [0.1, 0.15) is 5.82 Å². The van der Waals surface area contributed by atoms with Gasteiger partial charge in [-0.2, -0.15) is 5.10 Å². The first-order chi connectivity index (χ1) is 13.8. The van der Waals surface area contributed by atoms with E-state index in [1.54, 1.807) is 35.1 Å². The fourth-order valence-electron chi connectivity index (χ4n) is 3.14. The van der Waals surface area contributed by atoms with Gasteiger partial charge in [0.15, 0.2) is 5.69 Å². The maximum atomic E-state index is 13.0. The summed E-state index contributed by atoms with van der Waals surface area (Å²) in [6, 6.07) is 16.6. The molecule has 3 heterocycles. The zero-order valence-corrected chi connectivity index (χ0v) is 16.7. The highest BCUT2D eigenvalue weighted by Crippen LogP contribution is 2.19. The van der Waals surface area contributed by atoms with Crippen LogP contribution in [0.4, 0.5) is 5.82 Å². The van der Waals surface area contributed by atoms with Crippen LogP contribution in [0.15, 0.2) is 66.0 Å². The first kappa shape index (κ1) is 18.9. The van der Waals surface area contributed by atoms with Crippen molar-refractivity contribution in [2.24, 2.45) is 0 Å². The standard InChI is InChI=1S/C20H19N5O3S/c1-14-12-17(25(23-14)13-15-8-4-3-5-9-15)21-19(26)18-16-10-6-7-11-24(16)20(22-18)29(2,27)28/h3-12H,13H2,1-2H3,(H,21,26). The molecule has 1 aromatic carbocycles. The first-order valence-electron chi connectivity index (χ1n) is 8.90. The molecule has 0 aliphatic heterocycles. The van der Waals surface area contributed by atoms with Gasteiger partial charge in [-0.25, -0.2) is 18.1 Å². The molecule has 4 rings (SSSR count). The second kappa shape index (κ2) is 7.17. The number of carbonyl (C=O) groups is 1. The van der Waals surface area contributed by atoms with E-state index in [0.717, 1.165) is 17.5 Å². The van der Waals surface area contributed by atoms with E-state index in [-0.39, 0.29) is 10.9 Å². The lowest BCUT2D eigenvalue weighted by Crippen LogP contribution is -2.17. The Kier molecular flexibility index (Phi) is 4.67. The van der Waals surface area contributed by atoms with Crippen molar-refractivity contribution in [1.29, 1.82) is 0 Å². The third kappa shape index (κ3) is 3.77. The van der Waals surface area contributed by atoms with E-state index < -0.39 is 15.7 Å². The normalized spacial score (nSPS) is 11.7. The predicted molar refractivity (Wildman–Crippen MR) is 109 cm³/mol. The van der Waals surface area contributed by atoms with Gasteiger partial charge in [0.05, 0.1) is 17.8 Å². The van der Waals surface area contributed by atoms with Gasteiger partial charge in [-0.15, -0.1) is 0 Å². The van der Waals surface area contributed by atoms with Gasteiger partial charge in [0, 0.05) is 18.5 Å². The van der Waals surface area contributed by atoms with E-state index in [1.807, 2.05) is 37.3 Å². The van der Waals surface area contributed by atoms with Crippen LogP contribution in [-0.4, -0.2) is 39.7 Å². The van der Waals surface area contributed by atoms with Crippen molar-refractivity contribution in [3.05, 3.63) is 77.7 Å². The number of aromatic nitrogens is 4. The van der Waals surface area contributed by atoms with Crippen LogP contribution in [-0.2, 0) is 16.4 Å². The van der Waals surface area contributed by atoms with E-state index >= 15 is 0 Å². The molecule has 0 saturated carbocycles. The lowest BCUT2D eigenvalue weighted by atomic mass is 10.2. The molecule has 1 N–H and O–H groups in total. The van der Waals surface area contributed by atoms with Gasteiger partial charge in [0.25, 0.3) is 5.91 Å². The molecule has 8 nitrogen and oxygen atoms in total. The molecule has 0 bridgehead atoms. The zero-order chi connectivity index (χ0) is 20.6. The SMILES string of the molecule is Cc1cc(NC(=O)c2nc(S(C)(=O)=O)n3ccccc23)n(Cc2ccccc2)n1. The Labute approximate surface area is 167 Å². The third-order valence-corrected chi connectivity index (χ3v) is 5.33. The lowest BCUT2D eigenvalue weighted by Gasteiger charge is -2.08. The molecule has 29 heavy (non-hydrogen) atoms. The Morgan fingerprint density at radius 1 is 1.10 bits per heavy atom. The summed E-state index contributed by atoms with van der Waals surface area (Å²) in [5.41, 5.74) is 2.24. The Morgan fingerprint density at radius 2 is 1.83 bits per heavy atom. The van der Waals surface area contributed by atoms with Crippen LogP contribution in [0.25, 0.3) is 5.52 Å². The van der Waals surface area contributed by atoms with Crippen LogP contribution in [0.1, 0.15) is 21.7 Å². The molecule has 148 valence electrons. The highest BCUT2D eigenvalue weighted by molar-refractivity contribution is 7.90. The minimum Gasteiger partial charge on any atom is -0.305 e. The van der Waals surface area contributed by atoms with Crippen LogP contribution in [0.2, 0.25) is 0 Å². The first-order valence-corrected chi connectivity index (χ1v) is 10.8. The number of carbonyl (C=O) groups excluding carboxylic acids is 1. The molecule has 4 aromatic rings. The van der Waals surface area contributed by atoms with Gasteiger partial charge in [0.2, 0.25) is 15.0 Å². The quantitative estimate of drug-likeness (QED) is 0.546. The number of benzene rings is 1. The van der Waals surface area contributed by atoms with Gasteiger partial charge in [-0.1, -0.05) is 36.4 Å². The molecule has 0 aliphatic carbocycles. The van der Waals surface area contributed by atoms with Crippen molar-refractivity contribution in [1.82, 2.24) is 19.2 Å². The van der Waals surface area contributed by atoms with Crippen LogP contribution in [0.3, 0.4) is 0 Å². The summed E-state index contributed by atoms with van der Waals surface area (Å²) in [6.07, 6.45) is 2.63. The molecule has 0 aliphatic rings. The Hall–Kier alpha value is -3.46. The predicted octanol–water partition coefficient (Wildman–Crippen LogP) is 2.54. The average molecular weight is 409 g/mol. The Bertz CT molecular complexity index is 1310. The summed E-state index contributed by atoms with van der Waals surface area (Å²) in [5, 5.41) is 7.08. The van der Waals surface area contributed by atoms with Crippen molar-refractivity contribution in [2.75, 3.05) is 11.6 Å². The number of aryl methyl sites for hydroxylation is 1. The number of hydrogen-bond donors (Lipinski definition) is 1. The second-order valence-corrected chi connectivity index (χ2v) is 8.65. The lowest BCUT2D eigenvalue weighted by molar-refractivity contribution is 0.102. The molecule has 0 fully saturated rings. The molecule has 0 radical (unpaired) electrons. The molecule has 0 spiro atoms. The largest absolute Gasteiger partial charge is 0.305 e. The summed E-state index contributed by atoms with van der Waals surface area (Å²) < 4.78 is 27.2. The fraction of sp³-hybridized carbons (Fsp3) is 0.150. The highest BCUT2D eigenvalue weighted by atomic mass is 32.2. The van der Waals surface area contributed by atoms with Gasteiger partial charge < -0.3 is 5.32 Å². The zero-order valence-electron chi connectivity index (χ0n) is 15.9. The van der Waals surface area contributed by atoms with Crippen molar-refractivity contribution in [2.45, 2.75) is 18.6 Å². The summed E-state index contributed by atoms with van der Waals surface area (Å²) in [4.78, 5) is 17.1. The third-order valence-electron chi connectivity index (χ3n) is 4.38. The number of nitrogens with zero attached hydrogens (tertiary/aromatic N) is 4. The van der Waals surface area contributed by atoms with E-state index in [0.29, 0.717) is 17.9 Å². The van der Waals surface area contributed by atoms with E-state index in [9.17, 15) is 13.2 Å². The number of sulfone groups is 1. The molecule has 0 unspecified atom stereocenters. The number of imidazole rings is 1. The molecule has 1 amide bonds. The number of rotatable bonds is 5. The van der Waals surface area contributed by atoms with Crippen LogP contribution >= 0.6 is 0 Å². The topological polar surface area (TPSA) is 98.4 Å². The number of anilines is 1. The fourth-order valence-corrected chi connectivity index (χ4v) is 3.91. The smallest absolute Gasteiger partial charge is 0.277 e. The summed E-state index contributed by atoms with van der Waals surface area (Å²) >= 11 is 0.